The molecule has 0 aliphatic heterocycles. The van der Waals surface area contributed by atoms with Gasteiger partial charge in [0.15, 0.2) is 0 Å². The Kier molecular flexibility index (Phi) is 5.71. The van der Waals surface area contributed by atoms with Crippen LogP contribution in [0.15, 0.2) is 35.2 Å². The molecular formula is C13H20N4O3S. The van der Waals surface area contributed by atoms with Crippen LogP contribution in [0.4, 0.5) is 0 Å². The molecule has 1 aromatic rings. The fourth-order valence-electron chi connectivity index (χ4n) is 1.59. The summed E-state index contributed by atoms with van der Waals surface area (Å²) in [5.74, 6) is -0.389. The van der Waals surface area contributed by atoms with Gasteiger partial charge in [-0.25, -0.2) is 8.42 Å². The fraction of sp³-hybridized carbons (Fsp3) is 0.385. The van der Waals surface area contributed by atoms with Crippen LogP contribution in [0.1, 0.15) is 23.7 Å². The molecule has 1 heterocycles. The summed E-state index contributed by atoms with van der Waals surface area (Å²) in [6, 6.07) is 1.43. The minimum Gasteiger partial charge on any atom is -0.401 e. The van der Waals surface area contributed by atoms with Gasteiger partial charge in [-0.2, -0.15) is 0 Å². The number of nitrogens with one attached hydrogen (secondary N) is 1. The van der Waals surface area contributed by atoms with E-state index in [1.165, 1.54) is 18.5 Å². The van der Waals surface area contributed by atoms with Crippen LogP contribution < -0.4 is 11.1 Å². The normalized spacial score (nSPS) is 13.3. The first kappa shape index (κ1) is 17.0. The maximum Gasteiger partial charge on any atom is 0.253 e. The molecule has 1 amide bonds. The van der Waals surface area contributed by atoms with Crippen molar-refractivity contribution in [2.75, 3.05) is 19.8 Å². The summed E-state index contributed by atoms with van der Waals surface area (Å²) in [7, 11) is -1.71. The molecule has 0 saturated heterocycles. The highest BCUT2D eigenvalue weighted by atomic mass is 32.2. The summed E-state index contributed by atoms with van der Waals surface area (Å²) in [6.45, 7) is 2.13. The second kappa shape index (κ2) is 7.07. The molecule has 0 bridgehead atoms. The lowest BCUT2D eigenvalue weighted by atomic mass is 10.2. The summed E-state index contributed by atoms with van der Waals surface area (Å²) in [5.41, 5.74) is 7.37. The van der Waals surface area contributed by atoms with Crippen LogP contribution in [0.3, 0.4) is 0 Å². The molecule has 0 aliphatic carbocycles. The summed E-state index contributed by atoms with van der Waals surface area (Å²) < 4.78 is 23.6. The van der Waals surface area contributed by atoms with E-state index in [0.29, 0.717) is 5.70 Å². The maximum absolute atomic E-state index is 11.9. The van der Waals surface area contributed by atoms with E-state index in [0.717, 1.165) is 22.4 Å². The van der Waals surface area contributed by atoms with Crippen LogP contribution in [0.5, 0.6) is 0 Å². The molecule has 0 fully saturated rings. The van der Waals surface area contributed by atoms with Gasteiger partial charge in [0, 0.05) is 30.9 Å². The minimum absolute atomic E-state index is 0.169. The van der Waals surface area contributed by atoms with E-state index >= 15 is 0 Å². The van der Waals surface area contributed by atoms with Crippen LogP contribution in [-0.4, -0.2) is 43.9 Å². The molecule has 0 radical (unpaired) electrons. The third-order valence-electron chi connectivity index (χ3n) is 2.77. The number of hydrogen-bond donors (Lipinski definition) is 2. The lowest BCUT2D eigenvalue weighted by Gasteiger charge is -2.05. The molecule has 7 nitrogen and oxygen atoms in total. The van der Waals surface area contributed by atoms with E-state index in [1.807, 2.05) is 6.92 Å². The molecule has 0 saturated carbocycles. The Morgan fingerprint density at radius 1 is 1.52 bits per heavy atom. The van der Waals surface area contributed by atoms with Crippen molar-refractivity contribution in [3.05, 3.63) is 35.8 Å². The zero-order valence-electron chi connectivity index (χ0n) is 12.3. The average Bonchev–Trinajstić information content (AvgIpc) is 2.91. The molecular weight excluding hydrogens is 292 g/mol. The van der Waals surface area contributed by atoms with E-state index < -0.39 is 10.0 Å². The van der Waals surface area contributed by atoms with Gasteiger partial charge in [0.25, 0.3) is 5.91 Å². The highest BCUT2D eigenvalue weighted by Gasteiger charge is 2.11. The van der Waals surface area contributed by atoms with Crippen LogP contribution in [0.2, 0.25) is 0 Å². The second-order valence-electron chi connectivity index (χ2n) is 4.46. The maximum atomic E-state index is 11.9. The number of carbonyl (C=O) groups is 1. The Hall–Kier alpha value is -2.09. The van der Waals surface area contributed by atoms with Gasteiger partial charge in [-0.1, -0.05) is 6.92 Å². The Balaban J connectivity index is 2.69. The van der Waals surface area contributed by atoms with Gasteiger partial charge in [-0.3, -0.25) is 13.8 Å². The van der Waals surface area contributed by atoms with Gasteiger partial charge >= 0.3 is 0 Å². The first-order valence-electron chi connectivity index (χ1n) is 6.36. The standard InChI is InChI=1S/C13H20N4O3S/c1-4-12(15-2)7-11(14)8-16-13(18)10-5-6-17(9-10)21(3,19)20/h5-7,9H,4,8,14H2,1-3H3,(H,16,18)/b11-7-,15-12?. The topological polar surface area (TPSA) is 107 Å². The van der Waals surface area contributed by atoms with Gasteiger partial charge in [0.1, 0.15) is 0 Å². The lowest BCUT2D eigenvalue weighted by Crippen LogP contribution is -2.28. The number of hydrogen-bond acceptors (Lipinski definition) is 5. The second-order valence-corrected chi connectivity index (χ2v) is 6.35. The van der Waals surface area contributed by atoms with Crippen molar-refractivity contribution >= 4 is 21.6 Å². The van der Waals surface area contributed by atoms with E-state index in [1.54, 1.807) is 13.1 Å². The number of rotatable bonds is 6. The fourth-order valence-corrected chi connectivity index (χ4v) is 2.18. The van der Waals surface area contributed by atoms with Crippen molar-refractivity contribution in [1.82, 2.24) is 9.29 Å². The van der Waals surface area contributed by atoms with E-state index in [2.05, 4.69) is 10.3 Å². The van der Waals surface area contributed by atoms with Crippen molar-refractivity contribution < 1.29 is 13.2 Å². The quantitative estimate of drug-likeness (QED) is 0.739. The van der Waals surface area contributed by atoms with Crippen molar-refractivity contribution in [3.8, 4) is 0 Å². The zero-order valence-corrected chi connectivity index (χ0v) is 13.1. The highest BCUT2D eigenvalue weighted by molar-refractivity contribution is 7.89. The van der Waals surface area contributed by atoms with Gasteiger partial charge in [0.2, 0.25) is 10.0 Å². The first-order valence-corrected chi connectivity index (χ1v) is 8.21. The van der Waals surface area contributed by atoms with Crippen LogP contribution in [0, 0.1) is 0 Å². The summed E-state index contributed by atoms with van der Waals surface area (Å²) in [5, 5.41) is 2.62. The zero-order chi connectivity index (χ0) is 16.0. The Labute approximate surface area is 124 Å². The molecule has 0 aliphatic rings. The van der Waals surface area contributed by atoms with Crippen molar-refractivity contribution in [2.45, 2.75) is 13.3 Å². The van der Waals surface area contributed by atoms with Crippen molar-refractivity contribution in [2.24, 2.45) is 10.7 Å². The third-order valence-corrected chi connectivity index (χ3v) is 3.76. The van der Waals surface area contributed by atoms with Gasteiger partial charge in [0.05, 0.1) is 18.4 Å². The molecule has 1 aromatic heterocycles. The lowest BCUT2D eigenvalue weighted by molar-refractivity contribution is 0.0957. The number of aromatic nitrogens is 1. The van der Waals surface area contributed by atoms with Crippen LogP contribution in [-0.2, 0) is 10.0 Å². The number of amides is 1. The number of nitrogens with two attached hydrogens (primary N) is 1. The van der Waals surface area contributed by atoms with Crippen LogP contribution >= 0.6 is 0 Å². The molecule has 8 heteroatoms. The largest absolute Gasteiger partial charge is 0.401 e. The number of aliphatic imine (C=N–C) groups is 1. The number of allylic oxidation sites excluding steroid dienone is 1. The summed E-state index contributed by atoms with van der Waals surface area (Å²) >= 11 is 0. The molecule has 1 rings (SSSR count). The predicted octanol–water partition coefficient (Wildman–Crippen LogP) is 0.349. The monoisotopic (exact) mass is 312 g/mol. The molecule has 116 valence electrons. The molecule has 21 heavy (non-hydrogen) atoms. The molecule has 0 aromatic carbocycles. The molecule has 0 spiro atoms. The Morgan fingerprint density at radius 3 is 2.67 bits per heavy atom. The average molecular weight is 312 g/mol. The predicted molar refractivity (Wildman–Crippen MR) is 82.9 cm³/mol. The van der Waals surface area contributed by atoms with E-state index in [4.69, 9.17) is 5.73 Å². The number of carbonyl (C=O) groups excluding carboxylic acids is 1. The van der Waals surface area contributed by atoms with Crippen LogP contribution in [0.25, 0.3) is 0 Å². The Bertz CT molecular complexity index is 671. The third kappa shape index (κ3) is 5.07. The Morgan fingerprint density at radius 2 is 2.19 bits per heavy atom. The smallest absolute Gasteiger partial charge is 0.253 e. The van der Waals surface area contributed by atoms with Gasteiger partial charge in [-0.05, 0) is 18.6 Å². The van der Waals surface area contributed by atoms with Gasteiger partial charge < -0.3 is 11.1 Å². The highest BCUT2D eigenvalue weighted by Crippen LogP contribution is 2.04. The molecule has 3 N–H and O–H groups in total. The SMILES string of the molecule is CCC(/C=C(\N)CNC(=O)c1ccn(S(C)(=O)=O)c1)=NC. The van der Waals surface area contributed by atoms with E-state index in [-0.39, 0.29) is 18.0 Å². The van der Waals surface area contributed by atoms with Crippen molar-refractivity contribution in [1.29, 1.82) is 0 Å². The number of nitrogens with zero attached hydrogens (tertiary/aromatic N) is 2. The minimum atomic E-state index is -3.38. The van der Waals surface area contributed by atoms with Crippen molar-refractivity contribution in [3.63, 3.8) is 0 Å². The first-order chi connectivity index (χ1) is 9.77. The molecule has 0 unspecified atom stereocenters. The van der Waals surface area contributed by atoms with E-state index in [9.17, 15) is 13.2 Å². The summed E-state index contributed by atoms with van der Waals surface area (Å²) in [6.07, 6.45) is 6.11. The van der Waals surface area contributed by atoms with Gasteiger partial charge in [-0.15, -0.1) is 0 Å². The summed E-state index contributed by atoms with van der Waals surface area (Å²) in [4.78, 5) is 15.9. The molecule has 0 atom stereocenters.